The summed E-state index contributed by atoms with van der Waals surface area (Å²) in [5.41, 5.74) is 0.370. The van der Waals surface area contributed by atoms with Gasteiger partial charge in [0.2, 0.25) is 11.8 Å². The van der Waals surface area contributed by atoms with Crippen molar-refractivity contribution in [3.05, 3.63) is 30.1 Å². The number of anilines is 1. The summed E-state index contributed by atoms with van der Waals surface area (Å²) < 4.78 is 12.9. The molecule has 2 aliphatic heterocycles. The standard InChI is InChI=1S/C19H26FN3O2/c1-19(2)17(22-18(19)25)13-7-10-23(11-8-13)12-9-16(24)21-15-5-3-14(20)4-6-15/h3-6,13,17H,7-12H2,1-2H3,(H,21,24)(H,22,25). The molecule has 2 N–H and O–H groups in total. The number of amides is 2. The quantitative estimate of drug-likeness (QED) is 0.804. The van der Waals surface area contributed by atoms with E-state index >= 15 is 0 Å². The minimum absolute atomic E-state index is 0.0545. The van der Waals surface area contributed by atoms with Crippen molar-refractivity contribution in [3.8, 4) is 0 Å². The van der Waals surface area contributed by atoms with Crippen molar-refractivity contribution in [1.82, 2.24) is 10.2 Å². The summed E-state index contributed by atoms with van der Waals surface area (Å²) in [6.07, 6.45) is 2.52. The van der Waals surface area contributed by atoms with Gasteiger partial charge in [-0.25, -0.2) is 4.39 Å². The molecule has 1 aromatic rings. The number of piperidine rings is 1. The molecule has 0 spiro atoms. The SMILES string of the molecule is CC1(C)C(=O)NC1C1CCN(CCC(=O)Nc2ccc(F)cc2)CC1. The predicted octanol–water partition coefficient (Wildman–Crippen LogP) is 2.39. The zero-order valence-corrected chi connectivity index (χ0v) is 14.8. The van der Waals surface area contributed by atoms with Gasteiger partial charge in [-0.05, 0) is 70.0 Å². The van der Waals surface area contributed by atoms with E-state index in [1.54, 1.807) is 12.1 Å². The smallest absolute Gasteiger partial charge is 0.228 e. The highest BCUT2D eigenvalue weighted by Crippen LogP contribution is 2.38. The third-order valence-corrected chi connectivity index (χ3v) is 5.54. The Labute approximate surface area is 148 Å². The number of likely N-dealkylation sites (tertiary alicyclic amines) is 1. The van der Waals surface area contributed by atoms with E-state index in [0.29, 0.717) is 18.0 Å². The number of nitrogens with one attached hydrogen (secondary N) is 2. The second kappa shape index (κ2) is 7.12. The molecule has 2 fully saturated rings. The summed E-state index contributed by atoms with van der Waals surface area (Å²) in [6, 6.07) is 6.08. The van der Waals surface area contributed by atoms with Gasteiger partial charge in [0, 0.05) is 24.7 Å². The van der Waals surface area contributed by atoms with E-state index in [9.17, 15) is 14.0 Å². The summed E-state index contributed by atoms with van der Waals surface area (Å²) in [6.45, 7) is 6.67. The van der Waals surface area contributed by atoms with Crippen LogP contribution in [0.25, 0.3) is 0 Å². The van der Waals surface area contributed by atoms with Crippen molar-refractivity contribution >= 4 is 17.5 Å². The number of nitrogens with zero attached hydrogens (tertiary/aromatic N) is 1. The zero-order chi connectivity index (χ0) is 18.0. The van der Waals surface area contributed by atoms with E-state index in [1.165, 1.54) is 12.1 Å². The van der Waals surface area contributed by atoms with Crippen LogP contribution in [0.15, 0.2) is 24.3 Å². The Morgan fingerprint density at radius 2 is 1.92 bits per heavy atom. The molecular formula is C19H26FN3O2. The van der Waals surface area contributed by atoms with E-state index in [2.05, 4.69) is 15.5 Å². The predicted molar refractivity (Wildman–Crippen MR) is 94.5 cm³/mol. The molecule has 0 saturated carbocycles. The third-order valence-electron chi connectivity index (χ3n) is 5.54. The van der Waals surface area contributed by atoms with Crippen LogP contribution in [0.5, 0.6) is 0 Å². The van der Waals surface area contributed by atoms with E-state index in [1.807, 2.05) is 13.8 Å². The van der Waals surface area contributed by atoms with Gasteiger partial charge in [0.15, 0.2) is 0 Å². The molecule has 1 atom stereocenters. The van der Waals surface area contributed by atoms with Crippen LogP contribution in [0.4, 0.5) is 10.1 Å². The molecule has 6 heteroatoms. The summed E-state index contributed by atoms with van der Waals surface area (Å²) in [5.74, 6) is 0.308. The fourth-order valence-corrected chi connectivity index (χ4v) is 3.80. The first-order valence-corrected chi connectivity index (χ1v) is 8.95. The van der Waals surface area contributed by atoms with Crippen LogP contribution < -0.4 is 10.6 Å². The largest absolute Gasteiger partial charge is 0.351 e. The Kier molecular flexibility index (Phi) is 5.08. The van der Waals surface area contributed by atoms with E-state index in [-0.39, 0.29) is 29.1 Å². The van der Waals surface area contributed by atoms with Crippen LogP contribution in [0, 0.1) is 17.2 Å². The highest BCUT2D eigenvalue weighted by molar-refractivity contribution is 5.90. The second-order valence-corrected chi connectivity index (χ2v) is 7.66. The Bertz CT molecular complexity index is 637. The molecule has 0 aromatic heterocycles. The maximum Gasteiger partial charge on any atom is 0.228 e. The molecule has 0 radical (unpaired) electrons. The summed E-state index contributed by atoms with van der Waals surface area (Å²) in [7, 11) is 0. The number of halogens is 1. The number of carbonyl (C=O) groups excluding carboxylic acids is 2. The molecule has 0 bridgehead atoms. The lowest BCUT2D eigenvalue weighted by Crippen LogP contribution is -2.67. The number of rotatable bonds is 5. The molecule has 5 nitrogen and oxygen atoms in total. The first kappa shape index (κ1) is 17.9. The Morgan fingerprint density at radius 3 is 2.48 bits per heavy atom. The molecule has 0 aliphatic carbocycles. The second-order valence-electron chi connectivity index (χ2n) is 7.66. The van der Waals surface area contributed by atoms with Crippen LogP contribution in [-0.2, 0) is 9.59 Å². The molecule has 2 heterocycles. The van der Waals surface area contributed by atoms with Gasteiger partial charge in [0.05, 0.1) is 5.41 Å². The lowest BCUT2D eigenvalue weighted by Gasteiger charge is -2.50. The van der Waals surface area contributed by atoms with Crippen LogP contribution in [0.1, 0.15) is 33.1 Å². The number of hydrogen-bond donors (Lipinski definition) is 2. The fourth-order valence-electron chi connectivity index (χ4n) is 3.80. The summed E-state index contributed by atoms with van der Waals surface area (Å²) in [5, 5.41) is 5.84. The topological polar surface area (TPSA) is 61.4 Å². The Morgan fingerprint density at radius 1 is 1.28 bits per heavy atom. The highest BCUT2D eigenvalue weighted by Gasteiger charge is 2.50. The molecule has 3 rings (SSSR count). The van der Waals surface area contributed by atoms with Gasteiger partial charge in [-0.15, -0.1) is 0 Å². The van der Waals surface area contributed by atoms with Gasteiger partial charge in [0.25, 0.3) is 0 Å². The minimum atomic E-state index is -0.313. The number of carbonyl (C=O) groups is 2. The van der Waals surface area contributed by atoms with Gasteiger partial charge in [-0.3, -0.25) is 9.59 Å². The van der Waals surface area contributed by atoms with Crippen LogP contribution >= 0.6 is 0 Å². The monoisotopic (exact) mass is 347 g/mol. The average molecular weight is 347 g/mol. The van der Waals surface area contributed by atoms with Gasteiger partial charge in [-0.2, -0.15) is 0 Å². The lowest BCUT2D eigenvalue weighted by atomic mass is 9.68. The normalized spacial score (nSPS) is 23.6. The van der Waals surface area contributed by atoms with Crippen molar-refractivity contribution < 1.29 is 14.0 Å². The minimum Gasteiger partial charge on any atom is -0.351 e. The van der Waals surface area contributed by atoms with Crippen molar-refractivity contribution in [2.75, 3.05) is 25.0 Å². The molecule has 136 valence electrons. The van der Waals surface area contributed by atoms with Gasteiger partial charge in [-0.1, -0.05) is 0 Å². The Hall–Kier alpha value is -1.95. The van der Waals surface area contributed by atoms with E-state index in [4.69, 9.17) is 0 Å². The summed E-state index contributed by atoms with van der Waals surface area (Å²) >= 11 is 0. The van der Waals surface area contributed by atoms with Crippen LogP contribution in [-0.4, -0.2) is 42.4 Å². The van der Waals surface area contributed by atoms with E-state index in [0.717, 1.165) is 32.5 Å². The maximum atomic E-state index is 12.9. The molecule has 25 heavy (non-hydrogen) atoms. The number of hydrogen-bond acceptors (Lipinski definition) is 3. The molecular weight excluding hydrogens is 321 g/mol. The van der Waals surface area contributed by atoms with Gasteiger partial charge in [0.1, 0.15) is 5.82 Å². The maximum absolute atomic E-state index is 12.9. The molecule has 1 unspecified atom stereocenters. The van der Waals surface area contributed by atoms with Gasteiger partial charge < -0.3 is 15.5 Å². The first-order valence-electron chi connectivity index (χ1n) is 8.95. The van der Waals surface area contributed by atoms with Crippen molar-refractivity contribution in [2.45, 2.75) is 39.2 Å². The van der Waals surface area contributed by atoms with Crippen LogP contribution in [0.3, 0.4) is 0 Å². The molecule has 2 amide bonds. The highest BCUT2D eigenvalue weighted by atomic mass is 19.1. The lowest BCUT2D eigenvalue weighted by molar-refractivity contribution is -0.146. The Balaban J connectivity index is 1.38. The van der Waals surface area contributed by atoms with Crippen molar-refractivity contribution in [3.63, 3.8) is 0 Å². The van der Waals surface area contributed by atoms with Gasteiger partial charge >= 0.3 is 0 Å². The molecule has 2 aliphatic rings. The van der Waals surface area contributed by atoms with E-state index < -0.39 is 0 Å². The van der Waals surface area contributed by atoms with Crippen LogP contribution in [0.2, 0.25) is 0 Å². The first-order chi connectivity index (χ1) is 11.9. The molecule has 1 aromatic carbocycles. The van der Waals surface area contributed by atoms with Crippen molar-refractivity contribution in [2.24, 2.45) is 11.3 Å². The molecule has 2 saturated heterocycles. The number of benzene rings is 1. The number of β-lactam (4-membered cyclic amide) rings is 1. The zero-order valence-electron chi connectivity index (χ0n) is 14.8. The third kappa shape index (κ3) is 4.00. The fraction of sp³-hybridized carbons (Fsp3) is 0.579. The summed E-state index contributed by atoms with van der Waals surface area (Å²) in [4.78, 5) is 25.9. The van der Waals surface area contributed by atoms with Crippen molar-refractivity contribution in [1.29, 1.82) is 0 Å². The average Bonchev–Trinajstić information content (AvgIpc) is 2.60.